The lowest BCUT2D eigenvalue weighted by Crippen LogP contribution is -2.17. The van der Waals surface area contributed by atoms with Gasteiger partial charge in [0.1, 0.15) is 17.4 Å². The van der Waals surface area contributed by atoms with Gasteiger partial charge in [0.15, 0.2) is 0 Å². The summed E-state index contributed by atoms with van der Waals surface area (Å²) < 4.78 is 71.2. The first-order valence-electron chi connectivity index (χ1n) is 11.4. The van der Waals surface area contributed by atoms with Gasteiger partial charge in [-0.05, 0) is 77.3 Å². The van der Waals surface area contributed by atoms with Crippen molar-refractivity contribution in [3.63, 3.8) is 0 Å². The first-order chi connectivity index (χ1) is 16.2. The smallest absolute Gasteiger partial charge is 0.406 e. The van der Waals surface area contributed by atoms with Gasteiger partial charge in [0, 0.05) is 0 Å². The van der Waals surface area contributed by atoms with Gasteiger partial charge < -0.3 is 4.74 Å². The van der Waals surface area contributed by atoms with Crippen molar-refractivity contribution in [2.24, 2.45) is 0 Å². The van der Waals surface area contributed by atoms with E-state index >= 15 is 4.39 Å². The van der Waals surface area contributed by atoms with Crippen LogP contribution in [-0.4, -0.2) is 6.36 Å². The average Bonchev–Trinajstić information content (AvgIpc) is 2.79. The van der Waals surface area contributed by atoms with Gasteiger partial charge in [-0.1, -0.05) is 62.2 Å². The predicted molar refractivity (Wildman–Crippen MR) is 124 cm³/mol. The third kappa shape index (κ3) is 5.49. The van der Waals surface area contributed by atoms with Crippen LogP contribution in [0.25, 0.3) is 16.7 Å². The van der Waals surface area contributed by atoms with Crippen molar-refractivity contribution in [3.05, 3.63) is 94.6 Å². The van der Waals surface area contributed by atoms with Crippen molar-refractivity contribution >= 4 is 5.57 Å². The largest absolute Gasteiger partial charge is 0.573 e. The highest BCUT2D eigenvalue weighted by Gasteiger charge is 2.31. The molecule has 1 aliphatic carbocycles. The van der Waals surface area contributed by atoms with E-state index in [1.807, 2.05) is 6.08 Å². The van der Waals surface area contributed by atoms with Crippen LogP contribution in [0.2, 0.25) is 0 Å². The summed E-state index contributed by atoms with van der Waals surface area (Å²) in [5, 5.41) is 0. The number of rotatable bonds is 7. The Bertz CT molecular complexity index is 1180. The third-order valence-corrected chi connectivity index (χ3v) is 6.12. The topological polar surface area (TPSA) is 9.23 Å². The molecule has 34 heavy (non-hydrogen) atoms. The molecule has 178 valence electrons. The Morgan fingerprint density at radius 2 is 1.56 bits per heavy atom. The molecule has 0 saturated heterocycles. The molecule has 0 spiro atoms. The Balaban J connectivity index is 1.54. The molecule has 0 saturated carbocycles. The zero-order valence-corrected chi connectivity index (χ0v) is 18.8. The molecule has 0 N–H and O–H groups in total. The van der Waals surface area contributed by atoms with Gasteiger partial charge in [-0.2, -0.15) is 0 Å². The number of hydrogen-bond donors (Lipinski definition) is 0. The molecule has 0 aromatic heterocycles. The van der Waals surface area contributed by atoms with Crippen LogP contribution in [-0.2, 0) is 19.3 Å². The molecule has 3 aromatic rings. The minimum absolute atomic E-state index is 0.153. The van der Waals surface area contributed by atoms with E-state index in [0.29, 0.717) is 24.0 Å². The summed E-state index contributed by atoms with van der Waals surface area (Å²) >= 11 is 0. The molecule has 0 aliphatic heterocycles. The maximum absolute atomic E-state index is 15.3. The summed E-state index contributed by atoms with van der Waals surface area (Å²) in [6.45, 7) is 2.17. The van der Waals surface area contributed by atoms with Crippen LogP contribution < -0.4 is 4.74 Å². The summed E-state index contributed by atoms with van der Waals surface area (Å²) in [6, 6.07) is 14.2. The number of unbranched alkanes of at least 4 members (excludes halogenated alkanes) is 2. The second-order valence-electron chi connectivity index (χ2n) is 8.52. The highest BCUT2D eigenvalue weighted by molar-refractivity contribution is 5.74. The van der Waals surface area contributed by atoms with Crippen LogP contribution in [0.4, 0.5) is 22.0 Å². The van der Waals surface area contributed by atoms with Crippen LogP contribution in [0.15, 0.2) is 60.7 Å². The molecule has 0 fully saturated rings. The maximum Gasteiger partial charge on any atom is 0.573 e. The minimum Gasteiger partial charge on any atom is -0.406 e. The van der Waals surface area contributed by atoms with Gasteiger partial charge in [0.05, 0.1) is 5.56 Å². The van der Waals surface area contributed by atoms with Gasteiger partial charge in [-0.25, -0.2) is 8.78 Å². The first-order valence-corrected chi connectivity index (χ1v) is 11.4. The number of allylic oxidation sites excluding steroid dienone is 2. The van der Waals surface area contributed by atoms with Crippen LogP contribution in [0, 0.1) is 11.6 Å². The highest BCUT2D eigenvalue weighted by Crippen LogP contribution is 2.36. The summed E-state index contributed by atoms with van der Waals surface area (Å²) in [5.74, 6) is -1.87. The van der Waals surface area contributed by atoms with Crippen molar-refractivity contribution in [1.29, 1.82) is 0 Å². The minimum atomic E-state index is -4.83. The van der Waals surface area contributed by atoms with Crippen molar-refractivity contribution in [2.45, 2.75) is 51.8 Å². The number of halogens is 5. The van der Waals surface area contributed by atoms with Gasteiger partial charge in [-0.15, -0.1) is 13.2 Å². The standard InChI is InChI=1S/C28H25F5O/c1-2-3-4-5-18-6-8-19(9-7-18)21-12-15-24-22(16-21)17-25(29)26(27(24)30)20-10-13-23(14-11-20)34-28(31,32)33/h6-14,17H,2-5,15-16H2,1H3. The monoisotopic (exact) mass is 472 g/mol. The van der Waals surface area contributed by atoms with Crippen LogP contribution in [0.1, 0.15) is 48.4 Å². The van der Waals surface area contributed by atoms with Gasteiger partial charge in [0.25, 0.3) is 0 Å². The predicted octanol–water partition coefficient (Wildman–Crippen LogP) is 8.45. The van der Waals surface area contributed by atoms with Gasteiger partial charge in [-0.3, -0.25) is 0 Å². The normalized spacial score (nSPS) is 13.4. The van der Waals surface area contributed by atoms with E-state index in [-0.39, 0.29) is 11.1 Å². The Morgan fingerprint density at radius 1 is 0.882 bits per heavy atom. The Labute approximate surface area is 195 Å². The summed E-state index contributed by atoms with van der Waals surface area (Å²) in [4.78, 5) is 0. The highest BCUT2D eigenvalue weighted by atomic mass is 19.4. The van der Waals surface area contributed by atoms with Crippen molar-refractivity contribution in [2.75, 3.05) is 0 Å². The van der Waals surface area contributed by atoms with E-state index in [9.17, 15) is 17.6 Å². The molecule has 0 unspecified atom stereocenters. The molecule has 0 bridgehead atoms. The van der Waals surface area contributed by atoms with Crippen molar-refractivity contribution < 1.29 is 26.7 Å². The van der Waals surface area contributed by atoms with Crippen molar-refractivity contribution in [3.8, 4) is 16.9 Å². The zero-order valence-electron chi connectivity index (χ0n) is 18.8. The molecule has 1 nitrogen and oxygen atoms in total. The number of ether oxygens (including phenoxy) is 1. The fraction of sp³-hybridized carbons (Fsp3) is 0.286. The van der Waals surface area contributed by atoms with Crippen LogP contribution in [0.5, 0.6) is 5.75 Å². The summed E-state index contributed by atoms with van der Waals surface area (Å²) in [7, 11) is 0. The summed E-state index contributed by atoms with van der Waals surface area (Å²) in [5.41, 5.74) is 4.24. The number of aryl methyl sites for hydroxylation is 1. The second-order valence-corrected chi connectivity index (χ2v) is 8.52. The SMILES string of the molecule is CCCCCc1ccc(C2=CCc3c(cc(F)c(-c4ccc(OC(F)(F)F)cc4)c3F)C2)cc1. The molecule has 4 rings (SSSR count). The number of alkyl halides is 3. The number of hydrogen-bond acceptors (Lipinski definition) is 1. The Kier molecular flexibility index (Phi) is 7.05. The molecule has 0 atom stereocenters. The lowest BCUT2D eigenvalue weighted by molar-refractivity contribution is -0.274. The molecule has 3 aromatic carbocycles. The lowest BCUT2D eigenvalue weighted by atomic mass is 9.85. The molecule has 0 heterocycles. The van der Waals surface area contributed by atoms with E-state index in [2.05, 4.69) is 35.9 Å². The fourth-order valence-corrected chi connectivity index (χ4v) is 4.36. The Hall–Kier alpha value is -3.15. The molecular formula is C28H25F5O. The second kappa shape index (κ2) is 10.00. The fourth-order valence-electron chi connectivity index (χ4n) is 4.36. The molecule has 1 aliphatic rings. The Morgan fingerprint density at radius 3 is 2.21 bits per heavy atom. The van der Waals surface area contributed by atoms with Gasteiger partial charge in [0.2, 0.25) is 0 Å². The van der Waals surface area contributed by atoms with E-state index in [4.69, 9.17) is 0 Å². The zero-order chi connectivity index (χ0) is 24.3. The first kappa shape index (κ1) is 24.0. The summed E-state index contributed by atoms with van der Waals surface area (Å²) in [6.07, 6.45) is 2.44. The van der Waals surface area contributed by atoms with E-state index in [1.54, 1.807) is 0 Å². The number of benzene rings is 3. The lowest BCUT2D eigenvalue weighted by Gasteiger charge is -2.21. The van der Waals surface area contributed by atoms with E-state index in [1.165, 1.54) is 36.6 Å². The van der Waals surface area contributed by atoms with E-state index in [0.717, 1.165) is 36.1 Å². The maximum atomic E-state index is 15.3. The molecule has 0 amide bonds. The molecule has 0 radical (unpaired) electrons. The molecular weight excluding hydrogens is 447 g/mol. The van der Waals surface area contributed by atoms with Crippen LogP contribution >= 0.6 is 0 Å². The molecule has 6 heteroatoms. The van der Waals surface area contributed by atoms with Gasteiger partial charge >= 0.3 is 6.36 Å². The average molecular weight is 472 g/mol. The van der Waals surface area contributed by atoms with Crippen LogP contribution in [0.3, 0.4) is 0 Å². The number of fused-ring (bicyclic) bond motifs is 1. The van der Waals surface area contributed by atoms with E-state index < -0.39 is 23.7 Å². The quantitative estimate of drug-likeness (QED) is 0.248. The van der Waals surface area contributed by atoms with Crippen molar-refractivity contribution in [1.82, 2.24) is 0 Å². The third-order valence-electron chi connectivity index (χ3n) is 6.12.